The molecular weight excluding hydrogens is 326 g/mol. The molecular formula is C21H25N3O2. The highest BCUT2D eigenvalue weighted by Gasteiger charge is 2.43. The van der Waals surface area contributed by atoms with Crippen LogP contribution in [0.2, 0.25) is 0 Å². The average molecular weight is 351 g/mol. The van der Waals surface area contributed by atoms with E-state index < -0.39 is 6.10 Å². The quantitative estimate of drug-likeness (QED) is 0.722. The Morgan fingerprint density at radius 2 is 2.08 bits per heavy atom. The van der Waals surface area contributed by atoms with Crippen LogP contribution in [0.4, 0.5) is 0 Å². The number of rotatable bonds is 3. The van der Waals surface area contributed by atoms with Crippen LogP contribution < -0.4 is 0 Å². The smallest absolute Gasteiger partial charge is 0.141 e. The van der Waals surface area contributed by atoms with E-state index in [0.29, 0.717) is 11.8 Å². The molecule has 5 nitrogen and oxygen atoms in total. The lowest BCUT2D eigenvalue weighted by atomic mass is 9.81. The summed E-state index contributed by atoms with van der Waals surface area (Å²) in [5, 5.41) is 16.3. The third-order valence-corrected chi connectivity index (χ3v) is 6.81. The predicted molar refractivity (Wildman–Crippen MR) is 99.7 cm³/mol. The summed E-state index contributed by atoms with van der Waals surface area (Å²) < 4.78 is 5.36. The van der Waals surface area contributed by atoms with Gasteiger partial charge in [-0.05, 0) is 63.4 Å². The van der Waals surface area contributed by atoms with E-state index in [1.165, 1.54) is 19.3 Å². The van der Waals surface area contributed by atoms with Crippen molar-refractivity contribution in [2.75, 3.05) is 0 Å². The van der Waals surface area contributed by atoms with Crippen molar-refractivity contribution in [2.24, 2.45) is 17.8 Å². The van der Waals surface area contributed by atoms with E-state index in [1.54, 1.807) is 0 Å². The molecule has 3 aromatic rings. The molecule has 2 saturated carbocycles. The normalized spacial score (nSPS) is 26.1. The highest BCUT2D eigenvalue weighted by molar-refractivity contribution is 5.90. The molecule has 0 aromatic carbocycles. The van der Waals surface area contributed by atoms with Crippen LogP contribution in [0.5, 0.6) is 0 Å². The first-order chi connectivity index (χ1) is 12.5. The summed E-state index contributed by atoms with van der Waals surface area (Å²) in [6.45, 7) is 5.99. The molecule has 26 heavy (non-hydrogen) atoms. The fraction of sp³-hybridized carbons (Fsp3) is 0.524. The van der Waals surface area contributed by atoms with Gasteiger partial charge in [0.15, 0.2) is 0 Å². The van der Waals surface area contributed by atoms with Crippen molar-refractivity contribution in [1.29, 1.82) is 0 Å². The molecule has 5 heteroatoms. The number of hydrogen-bond donors (Lipinski definition) is 2. The van der Waals surface area contributed by atoms with Gasteiger partial charge in [0.25, 0.3) is 0 Å². The number of hydrogen-bond acceptors (Lipinski definition) is 4. The minimum atomic E-state index is -0.417. The van der Waals surface area contributed by atoms with Crippen LogP contribution in [0, 0.1) is 38.5 Å². The molecule has 4 unspecified atom stereocenters. The second-order valence-corrected chi connectivity index (χ2v) is 8.25. The molecule has 4 atom stereocenters. The Morgan fingerprint density at radius 3 is 2.73 bits per heavy atom. The first-order valence-corrected chi connectivity index (χ1v) is 9.62. The van der Waals surface area contributed by atoms with E-state index in [4.69, 9.17) is 4.52 Å². The third-order valence-electron chi connectivity index (χ3n) is 6.81. The Kier molecular flexibility index (Phi) is 3.51. The molecule has 2 bridgehead atoms. The lowest BCUT2D eigenvalue weighted by Crippen LogP contribution is -2.19. The van der Waals surface area contributed by atoms with Crippen molar-refractivity contribution in [2.45, 2.75) is 52.6 Å². The lowest BCUT2D eigenvalue weighted by Gasteiger charge is -2.27. The summed E-state index contributed by atoms with van der Waals surface area (Å²) in [6, 6.07) is 0. The summed E-state index contributed by atoms with van der Waals surface area (Å²) in [6.07, 6.45) is 8.50. The highest BCUT2D eigenvalue weighted by atomic mass is 16.5. The van der Waals surface area contributed by atoms with Gasteiger partial charge in [0.1, 0.15) is 11.4 Å². The number of aryl methyl sites for hydroxylation is 3. The van der Waals surface area contributed by atoms with E-state index in [9.17, 15) is 5.11 Å². The summed E-state index contributed by atoms with van der Waals surface area (Å²) >= 11 is 0. The minimum absolute atomic E-state index is 0.384. The molecule has 2 N–H and O–H groups in total. The van der Waals surface area contributed by atoms with E-state index in [1.807, 2.05) is 26.2 Å². The third kappa shape index (κ3) is 2.19. The molecule has 3 aromatic heterocycles. The SMILES string of the molecule is Cc1noc(C)c1-c1cnc2[nH]cc(C(O)C3CC4CCC3C4)c2c1C. The van der Waals surface area contributed by atoms with E-state index in [2.05, 4.69) is 22.0 Å². The maximum absolute atomic E-state index is 11.2. The number of H-pyrrole nitrogens is 1. The Labute approximate surface area is 152 Å². The van der Waals surface area contributed by atoms with Gasteiger partial charge >= 0.3 is 0 Å². The van der Waals surface area contributed by atoms with E-state index in [0.717, 1.165) is 57.1 Å². The average Bonchev–Trinajstić information content (AvgIpc) is 3.40. The second kappa shape index (κ2) is 5.68. The molecule has 3 heterocycles. The molecule has 0 saturated heterocycles. The number of aliphatic hydroxyl groups excluding tert-OH is 1. The second-order valence-electron chi connectivity index (χ2n) is 8.25. The van der Waals surface area contributed by atoms with Crippen LogP contribution >= 0.6 is 0 Å². The fourth-order valence-corrected chi connectivity index (χ4v) is 5.55. The Morgan fingerprint density at radius 1 is 1.23 bits per heavy atom. The molecule has 0 spiro atoms. The number of aromatic nitrogens is 3. The first-order valence-electron chi connectivity index (χ1n) is 9.62. The Balaban J connectivity index is 1.62. The van der Waals surface area contributed by atoms with Gasteiger partial charge in [-0.3, -0.25) is 0 Å². The zero-order chi connectivity index (χ0) is 18.0. The van der Waals surface area contributed by atoms with Gasteiger partial charge in [0.2, 0.25) is 0 Å². The van der Waals surface area contributed by atoms with Crippen LogP contribution in [0.3, 0.4) is 0 Å². The fourth-order valence-electron chi connectivity index (χ4n) is 5.55. The Hall–Kier alpha value is -2.14. The number of fused-ring (bicyclic) bond motifs is 3. The van der Waals surface area contributed by atoms with E-state index >= 15 is 0 Å². The first kappa shape index (κ1) is 16.1. The minimum Gasteiger partial charge on any atom is -0.388 e. The van der Waals surface area contributed by atoms with Crippen molar-refractivity contribution in [3.8, 4) is 11.1 Å². The number of aromatic amines is 1. The predicted octanol–water partition coefficient (Wildman–Crippen LogP) is 4.61. The topological polar surface area (TPSA) is 74.9 Å². The number of pyridine rings is 1. The van der Waals surface area contributed by atoms with Crippen LogP contribution in [-0.2, 0) is 0 Å². The van der Waals surface area contributed by atoms with Gasteiger partial charge in [0.05, 0.1) is 11.8 Å². The van der Waals surface area contributed by atoms with Gasteiger partial charge in [-0.25, -0.2) is 4.98 Å². The van der Waals surface area contributed by atoms with Crippen molar-refractivity contribution in [1.82, 2.24) is 15.1 Å². The van der Waals surface area contributed by atoms with Crippen LogP contribution in [0.1, 0.15) is 54.4 Å². The van der Waals surface area contributed by atoms with Crippen LogP contribution in [0.25, 0.3) is 22.2 Å². The van der Waals surface area contributed by atoms with Crippen molar-refractivity contribution >= 4 is 11.0 Å². The van der Waals surface area contributed by atoms with Gasteiger partial charge < -0.3 is 14.6 Å². The zero-order valence-electron chi connectivity index (χ0n) is 15.5. The maximum Gasteiger partial charge on any atom is 0.141 e. The molecule has 0 aliphatic heterocycles. The molecule has 0 radical (unpaired) electrons. The van der Waals surface area contributed by atoms with Gasteiger partial charge in [-0.1, -0.05) is 11.6 Å². The summed E-state index contributed by atoms with van der Waals surface area (Å²) in [7, 11) is 0. The van der Waals surface area contributed by atoms with Crippen molar-refractivity contribution in [3.63, 3.8) is 0 Å². The van der Waals surface area contributed by atoms with Gasteiger partial charge in [-0.2, -0.15) is 0 Å². The van der Waals surface area contributed by atoms with Gasteiger partial charge in [0, 0.05) is 34.5 Å². The monoisotopic (exact) mass is 351 g/mol. The molecule has 2 aliphatic rings. The number of nitrogens with one attached hydrogen (secondary N) is 1. The molecule has 136 valence electrons. The summed E-state index contributed by atoms with van der Waals surface area (Å²) in [5.41, 5.74) is 5.89. The van der Waals surface area contributed by atoms with Crippen LogP contribution in [-0.4, -0.2) is 20.2 Å². The molecule has 2 aliphatic carbocycles. The maximum atomic E-state index is 11.2. The lowest BCUT2D eigenvalue weighted by molar-refractivity contribution is 0.0757. The van der Waals surface area contributed by atoms with Crippen molar-refractivity contribution in [3.05, 3.63) is 35.0 Å². The zero-order valence-corrected chi connectivity index (χ0v) is 15.5. The molecule has 2 fully saturated rings. The van der Waals surface area contributed by atoms with E-state index in [-0.39, 0.29) is 0 Å². The highest BCUT2D eigenvalue weighted by Crippen LogP contribution is 2.53. The van der Waals surface area contributed by atoms with Crippen LogP contribution in [0.15, 0.2) is 16.9 Å². The number of aliphatic hydroxyl groups is 1. The largest absolute Gasteiger partial charge is 0.388 e. The van der Waals surface area contributed by atoms with Gasteiger partial charge in [-0.15, -0.1) is 0 Å². The molecule has 0 amide bonds. The standard InChI is InChI=1S/C21H25N3O2/c1-10-16(19-11(2)24-26-12(19)3)8-22-21-18(10)17(9-23-21)20(25)15-7-13-4-5-14(15)6-13/h8-9,13-15,20,25H,4-7H2,1-3H3,(H,22,23). The Bertz CT molecular complexity index is 967. The molecule has 5 rings (SSSR count). The number of nitrogens with zero attached hydrogens (tertiary/aromatic N) is 2. The summed E-state index contributed by atoms with van der Waals surface area (Å²) in [4.78, 5) is 7.89. The van der Waals surface area contributed by atoms with Crippen molar-refractivity contribution < 1.29 is 9.63 Å². The summed E-state index contributed by atoms with van der Waals surface area (Å²) in [5.74, 6) is 2.69.